The predicted octanol–water partition coefficient (Wildman–Crippen LogP) is 3.29. The van der Waals surface area contributed by atoms with Crippen LogP contribution in [0.4, 0.5) is 0 Å². The van der Waals surface area contributed by atoms with Crippen LogP contribution in [0.25, 0.3) is 5.69 Å². The molecule has 0 radical (unpaired) electrons. The van der Waals surface area contributed by atoms with E-state index >= 15 is 0 Å². The molecule has 1 aromatic heterocycles. The monoisotopic (exact) mass is 234 g/mol. The van der Waals surface area contributed by atoms with Gasteiger partial charge in [0.15, 0.2) is 0 Å². The normalized spacial score (nSPS) is 12.6. The first-order valence-electron chi connectivity index (χ1n) is 5.45. The van der Waals surface area contributed by atoms with E-state index in [9.17, 15) is 0 Å². The molecule has 0 aliphatic heterocycles. The Labute approximate surface area is 101 Å². The van der Waals surface area contributed by atoms with Crippen LogP contribution in [0, 0.1) is 5.92 Å². The molecule has 3 heteroatoms. The lowest BCUT2D eigenvalue weighted by Crippen LogP contribution is -2.07. The molecule has 1 aromatic carbocycles. The fourth-order valence-corrected chi connectivity index (χ4v) is 1.81. The van der Waals surface area contributed by atoms with Crippen molar-refractivity contribution >= 4 is 11.6 Å². The molecule has 0 fully saturated rings. The Balaban J connectivity index is 2.26. The highest BCUT2D eigenvalue weighted by Gasteiger charge is 2.08. The van der Waals surface area contributed by atoms with Crippen LogP contribution in [-0.2, 0) is 6.42 Å². The van der Waals surface area contributed by atoms with Crippen molar-refractivity contribution in [2.75, 3.05) is 5.88 Å². The number of alkyl halides is 1. The zero-order valence-corrected chi connectivity index (χ0v) is 10.1. The molecule has 2 aromatic rings. The number of aromatic nitrogens is 2. The molecule has 2 nitrogen and oxygen atoms in total. The van der Waals surface area contributed by atoms with E-state index in [1.807, 2.05) is 29.1 Å². The van der Waals surface area contributed by atoms with Crippen LogP contribution >= 0.6 is 11.6 Å². The van der Waals surface area contributed by atoms with Crippen molar-refractivity contribution in [2.24, 2.45) is 5.92 Å². The van der Waals surface area contributed by atoms with Crippen molar-refractivity contribution in [2.45, 2.75) is 13.3 Å². The van der Waals surface area contributed by atoms with Gasteiger partial charge in [-0.15, -0.1) is 11.6 Å². The van der Waals surface area contributed by atoms with Crippen molar-refractivity contribution < 1.29 is 0 Å². The van der Waals surface area contributed by atoms with Crippen molar-refractivity contribution in [3.8, 4) is 5.69 Å². The second-order valence-corrected chi connectivity index (χ2v) is 4.34. The molecule has 1 atom stereocenters. The molecule has 1 unspecified atom stereocenters. The van der Waals surface area contributed by atoms with Crippen molar-refractivity contribution in [1.29, 1.82) is 0 Å². The minimum Gasteiger partial charge on any atom is -0.238 e. The Morgan fingerprint density at radius 3 is 2.69 bits per heavy atom. The Bertz CT molecular complexity index is 436. The van der Waals surface area contributed by atoms with Crippen LogP contribution in [0.3, 0.4) is 0 Å². The van der Waals surface area contributed by atoms with Gasteiger partial charge in [0.1, 0.15) is 0 Å². The summed E-state index contributed by atoms with van der Waals surface area (Å²) in [6, 6.07) is 12.2. The summed E-state index contributed by atoms with van der Waals surface area (Å²) >= 11 is 5.84. The van der Waals surface area contributed by atoms with Crippen molar-refractivity contribution in [3.05, 3.63) is 48.3 Å². The van der Waals surface area contributed by atoms with Crippen LogP contribution in [0.5, 0.6) is 0 Å². The molecule has 1 heterocycles. The number of para-hydroxylation sites is 1. The smallest absolute Gasteiger partial charge is 0.0648 e. The van der Waals surface area contributed by atoms with Gasteiger partial charge in [-0.05, 0) is 30.5 Å². The van der Waals surface area contributed by atoms with E-state index < -0.39 is 0 Å². The Morgan fingerprint density at radius 1 is 1.25 bits per heavy atom. The summed E-state index contributed by atoms with van der Waals surface area (Å²) in [5, 5.41) is 4.35. The summed E-state index contributed by atoms with van der Waals surface area (Å²) in [6.45, 7) is 2.15. The SMILES string of the molecule is CC(CCl)Cc1ccnn1-c1ccccc1. The van der Waals surface area contributed by atoms with E-state index in [1.54, 1.807) is 0 Å². The second-order valence-electron chi connectivity index (χ2n) is 4.03. The average Bonchev–Trinajstić information content (AvgIpc) is 2.78. The quantitative estimate of drug-likeness (QED) is 0.743. The summed E-state index contributed by atoms with van der Waals surface area (Å²) in [5.41, 5.74) is 2.31. The Morgan fingerprint density at radius 2 is 2.00 bits per heavy atom. The second kappa shape index (κ2) is 5.17. The maximum absolute atomic E-state index is 5.84. The van der Waals surface area contributed by atoms with Gasteiger partial charge in [0.05, 0.1) is 5.69 Å². The molecule has 16 heavy (non-hydrogen) atoms. The lowest BCUT2D eigenvalue weighted by molar-refractivity contribution is 0.622. The first kappa shape index (κ1) is 11.2. The third kappa shape index (κ3) is 2.45. The summed E-state index contributed by atoms with van der Waals surface area (Å²) in [4.78, 5) is 0. The van der Waals surface area contributed by atoms with Gasteiger partial charge in [0.25, 0.3) is 0 Å². The van der Waals surface area contributed by atoms with Gasteiger partial charge in [0.2, 0.25) is 0 Å². The molecule has 84 valence electrons. The van der Waals surface area contributed by atoms with E-state index in [0.29, 0.717) is 11.8 Å². The largest absolute Gasteiger partial charge is 0.238 e. The zero-order chi connectivity index (χ0) is 11.4. The number of hydrogen-bond donors (Lipinski definition) is 0. The van der Waals surface area contributed by atoms with E-state index in [-0.39, 0.29) is 0 Å². The molecule has 0 saturated heterocycles. The van der Waals surface area contributed by atoms with E-state index in [1.165, 1.54) is 5.69 Å². The van der Waals surface area contributed by atoms with Gasteiger partial charge >= 0.3 is 0 Å². The minimum atomic E-state index is 0.473. The molecular weight excluding hydrogens is 220 g/mol. The van der Waals surface area contributed by atoms with Gasteiger partial charge in [-0.1, -0.05) is 25.1 Å². The van der Waals surface area contributed by atoms with Crippen LogP contribution in [0.15, 0.2) is 42.6 Å². The highest BCUT2D eigenvalue weighted by Crippen LogP contribution is 2.14. The van der Waals surface area contributed by atoms with Gasteiger partial charge in [-0.2, -0.15) is 5.10 Å². The molecule has 0 amide bonds. The number of halogens is 1. The number of rotatable bonds is 4. The molecule has 0 saturated carbocycles. The van der Waals surface area contributed by atoms with Crippen LogP contribution in [0.2, 0.25) is 0 Å². The maximum Gasteiger partial charge on any atom is 0.0648 e. The van der Waals surface area contributed by atoms with Gasteiger partial charge in [-0.25, -0.2) is 4.68 Å². The first-order chi connectivity index (χ1) is 7.81. The topological polar surface area (TPSA) is 17.8 Å². The summed E-state index contributed by atoms with van der Waals surface area (Å²) in [7, 11) is 0. The number of benzene rings is 1. The molecular formula is C13H15ClN2. The lowest BCUT2D eigenvalue weighted by Gasteiger charge is -2.10. The summed E-state index contributed by atoms with van der Waals surface area (Å²) in [5.74, 6) is 1.15. The molecule has 0 aliphatic carbocycles. The highest BCUT2D eigenvalue weighted by atomic mass is 35.5. The van der Waals surface area contributed by atoms with E-state index in [4.69, 9.17) is 11.6 Å². The fraction of sp³-hybridized carbons (Fsp3) is 0.308. The lowest BCUT2D eigenvalue weighted by atomic mass is 10.1. The van der Waals surface area contributed by atoms with Gasteiger partial charge in [-0.3, -0.25) is 0 Å². The minimum absolute atomic E-state index is 0.473. The molecule has 0 N–H and O–H groups in total. The fourth-order valence-electron chi connectivity index (χ4n) is 1.70. The van der Waals surface area contributed by atoms with E-state index in [2.05, 4.69) is 30.2 Å². The Hall–Kier alpha value is -1.28. The maximum atomic E-state index is 5.84. The molecule has 0 spiro atoms. The summed E-state index contributed by atoms with van der Waals surface area (Å²) in [6.07, 6.45) is 2.79. The number of nitrogens with zero attached hydrogens (tertiary/aromatic N) is 2. The van der Waals surface area contributed by atoms with Gasteiger partial charge < -0.3 is 0 Å². The average molecular weight is 235 g/mol. The van der Waals surface area contributed by atoms with Crippen molar-refractivity contribution in [1.82, 2.24) is 9.78 Å². The predicted molar refractivity (Wildman–Crippen MR) is 67.2 cm³/mol. The van der Waals surface area contributed by atoms with Crippen LogP contribution < -0.4 is 0 Å². The zero-order valence-electron chi connectivity index (χ0n) is 9.31. The number of hydrogen-bond acceptors (Lipinski definition) is 1. The molecule has 0 aliphatic rings. The standard InChI is InChI=1S/C13H15ClN2/c1-11(10-14)9-13-7-8-15-16(13)12-5-3-2-4-6-12/h2-8,11H,9-10H2,1H3. The molecule has 0 bridgehead atoms. The van der Waals surface area contributed by atoms with Crippen LogP contribution in [-0.4, -0.2) is 15.7 Å². The summed E-state index contributed by atoms with van der Waals surface area (Å²) < 4.78 is 1.98. The van der Waals surface area contributed by atoms with Crippen LogP contribution in [0.1, 0.15) is 12.6 Å². The van der Waals surface area contributed by atoms with Crippen molar-refractivity contribution in [3.63, 3.8) is 0 Å². The Kier molecular flexibility index (Phi) is 3.62. The third-order valence-electron chi connectivity index (χ3n) is 2.54. The first-order valence-corrected chi connectivity index (χ1v) is 5.99. The van der Waals surface area contributed by atoms with Gasteiger partial charge in [0, 0.05) is 17.8 Å². The third-order valence-corrected chi connectivity index (χ3v) is 3.07. The molecule has 2 rings (SSSR count). The van der Waals surface area contributed by atoms with E-state index in [0.717, 1.165) is 12.1 Å². The highest BCUT2D eigenvalue weighted by molar-refractivity contribution is 6.18.